The summed E-state index contributed by atoms with van der Waals surface area (Å²) in [5.74, 6) is -0.481. The van der Waals surface area contributed by atoms with Crippen LogP contribution in [0.15, 0.2) is 16.7 Å². The van der Waals surface area contributed by atoms with Gasteiger partial charge in [0.2, 0.25) is 0 Å². The molecule has 0 aliphatic carbocycles. The van der Waals surface area contributed by atoms with Gasteiger partial charge in [0, 0.05) is 26.2 Å². The molecule has 1 aromatic heterocycles. The number of carbonyl (C=O) groups is 1. The zero-order chi connectivity index (χ0) is 12.3. The number of rotatable bonds is 4. The fourth-order valence-corrected chi connectivity index (χ4v) is 1.82. The molecule has 94 valence electrons. The number of likely N-dealkylation sites (N-methyl/N-ethyl adjacent to an activating group) is 1. The lowest BCUT2D eigenvalue weighted by Crippen LogP contribution is -2.50. The SMILES string of the molecule is CN1CCN(NCc2occc2C(=O)O)CC1. The summed E-state index contributed by atoms with van der Waals surface area (Å²) >= 11 is 0. The van der Waals surface area contributed by atoms with Gasteiger partial charge in [-0.1, -0.05) is 0 Å². The first kappa shape index (κ1) is 12.1. The van der Waals surface area contributed by atoms with E-state index in [1.54, 1.807) is 0 Å². The summed E-state index contributed by atoms with van der Waals surface area (Å²) in [6.45, 7) is 4.30. The molecule has 0 amide bonds. The molecule has 0 saturated carbocycles. The first-order valence-electron chi connectivity index (χ1n) is 5.63. The van der Waals surface area contributed by atoms with Crippen molar-refractivity contribution < 1.29 is 14.3 Å². The van der Waals surface area contributed by atoms with E-state index in [0.29, 0.717) is 12.3 Å². The Morgan fingerprint density at radius 2 is 2.18 bits per heavy atom. The van der Waals surface area contributed by atoms with E-state index in [1.165, 1.54) is 12.3 Å². The topological polar surface area (TPSA) is 69.0 Å². The molecule has 0 atom stereocenters. The highest BCUT2D eigenvalue weighted by Gasteiger charge is 2.16. The molecule has 0 spiro atoms. The van der Waals surface area contributed by atoms with Crippen LogP contribution in [0.5, 0.6) is 0 Å². The zero-order valence-electron chi connectivity index (χ0n) is 9.85. The van der Waals surface area contributed by atoms with Gasteiger partial charge in [-0.3, -0.25) is 0 Å². The molecule has 1 aromatic rings. The number of nitrogens with zero attached hydrogens (tertiary/aromatic N) is 2. The van der Waals surface area contributed by atoms with Gasteiger partial charge in [0.25, 0.3) is 0 Å². The van der Waals surface area contributed by atoms with Crippen molar-refractivity contribution in [2.75, 3.05) is 33.2 Å². The van der Waals surface area contributed by atoms with Gasteiger partial charge >= 0.3 is 5.97 Å². The minimum Gasteiger partial charge on any atom is -0.478 e. The van der Waals surface area contributed by atoms with Crippen LogP contribution in [0, 0.1) is 0 Å². The van der Waals surface area contributed by atoms with Crippen LogP contribution in [0.1, 0.15) is 16.1 Å². The number of hydrazine groups is 1. The quantitative estimate of drug-likeness (QED) is 0.784. The number of hydrogen-bond donors (Lipinski definition) is 2. The average molecular weight is 239 g/mol. The van der Waals surface area contributed by atoms with Gasteiger partial charge in [-0.15, -0.1) is 0 Å². The highest BCUT2D eigenvalue weighted by molar-refractivity contribution is 5.88. The van der Waals surface area contributed by atoms with E-state index in [1.807, 2.05) is 0 Å². The maximum atomic E-state index is 10.9. The number of carboxylic acid groups (broad SMARTS) is 1. The lowest BCUT2D eigenvalue weighted by atomic mass is 10.2. The van der Waals surface area contributed by atoms with Crippen molar-refractivity contribution in [3.63, 3.8) is 0 Å². The van der Waals surface area contributed by atoms with E-state index in [-0.39, 0.29) is 5.56 Å². The Bertz CT molecular complexity index is 383. The second kappa shape index (κ2) is 5.31. The Morgan fingerprint density at radius 3 is 2.82 bits per heavy atom. The minimum atomic E-state index is -0.950. The van der Waals surface area contributed by atoms with Gasteiger partial charge in [-0.2, -0.15) is 0 Å². The standard InChI is InChI=1S/C11H17N3O3/c1-13-3-5-14(6-4-13)12-8-10-9(11(15)16)2-7-17-10/h2,7,12H,3-6,8H2,1H3,(H,15,16). The molecule has 2 N–H and O–H groups in total. The van der Waals surface area contributed by atoms with E-state index >= 15 is 0 Å². The number of carboxylic acids is 1. The van der Waals surface area contributed by atoms with Gasteiger partial charge < -0.3 is 14.4 Å². The van der Waals surface area contributed by atoms with Crippen LogP contribution in [-0.4, -0.2) is 54.2 Å². The van der Waals surface area contributed by atoms with Gasteiger partial charge in [-0.05, 0) is 13.1 Å². The van der Waals surface area contributed by atoms with E-state index in [4.69, 9.17) is 9.52 Å². The highest BCUT2D eigenvalue weighted by atomic mass is 16.4. The minimum absolute atomic E-state index is 0.228. The Balaban J connectivity index is 1.85. The Labute approximate surface area is 99.8 Å². The first-order valence-corrected chi connectivity index (χ1v) is 5.63. The third-order valence-electron chi connectivity index (χ3n) is 2.94. The van der Waals surface area contributed by atoms with Crippen molar-refractivity contribution >= 4 is 5.97 Å². The van der Waals surface area contributed by atoms with E-state index in [0.717, 1.165) is 26.2 Å². The van der Waals surface area contributed by atoms with Crippen LogP contribution in [0.25, 0.3) is 0 Å². The molecule has 17 heavy (non-hydrogen) atoms. The number of hydrogen-bond acceptors (Lipinski definition) is 5. The Kier molecular flexibility index (Phi) is 3.78. The smallest absolute Gasteiger partial charge is 0.339 e. The molecule has 6 heteroatoms. The molecule has 2 rings (SSSR count). The fourth-order valence-electron chi connectivity index (χ4n) is 1.82. The van der Waals surface area contributed by atoms with E-state index in [2.05, 4.69) is 22.4 Å². The second-order valence-electron chi connectivity index (χ2n) is 4.19. The van der Waals surface area contributed by atoms with Crippen LogP contribution in [0.2, 0.25) is 0 Å². The monoisotopic (exact) mass is 239 g/mol. The summed E-state index contributed by atoms with van der Waals surface area (Å²) < 4.78 is 5.16. The summed E-state index contributed by atoms with van der Waals surface area (Å²) in [7, 11) is 2.09. The van der Waals surface area contributed by atoms with Gasteiger partial charge in [0.05, 0.1) is 12.8 Å². The number of nitrogens with one attached hydrogen (secondary N) is 1. The Morgan fingerprint density at radius 1 is 1.47 bits per heavy atom. The summed E-state index contributed by atoms with van der Waals surface area (Å²) in [5, 5.41) is 11.0. The van der Waals surface area contributed by atoms with E-state index in [9.17, 15) is 4.79 Å². The summed E-state index contributed by atoms with van der Waals surface area (Å²) in [6.07, 6.45) is 1.41. The molecule has 1 saturated heterocycles. The Hall–Kier alpha value is -1.37. The lowest BCUT2D eigenvalue weighted by Gasteiger charge is -2.32. The molecular weight excluding hydrogens is 222 g/mol. The second-order valence-corrected chi connectivity index (χ2v) is 4.19. The van der Waals surface area contributed by atoms with Crippen molar-refractivity contribution in [1.82, 2.24) is 15.3 Å². The van der Waals surface area contributed by atoms with Crippen LogP contribution >= 0.6 is 0 Å². The lowest BCUT2D eigenvalue weighted by molar-refractivity contribution is 0.0690. The van der Waals surface area contributed by atoms with Crippen LogP contribution < -0.4 is 5.43 Å². The third kappa shape index (κ3) is 3.06. The fraction of sp³-hybridized carbons (Fsp3) is 0.545. The maximum Gasteiger partial charge on any atom is 0.339 e. The van der Waals surface area contributed by atoms with Crippen LogP contribution in [0.4, 0.5) is 0 Å². The summed E-state index contributed by atoms with van der Waals surface area (Å²) in [6, 6.07) is 1.48. The number of piperazine rings is 1. The average Bonchev–Trinajstić information content (AvgIpc) is 2.76. The molecule has 0 unspecified atom stereocenters. The van der Waals surface area contributed by atoms with Crippen LogP contribution in [0.3, 0.4) is 0 Å². The summed E-state index contributed by atoms with van der Waals surface area (Å²) in [4.78, 5) is 13.1. The molecular formula is C11H17N3O3. The molecule has 1 aliphatic rings. The molecule has 0 radical (unpaired) electrons. The molecule has 1 aliphatic heterocycles. The number of furan rings is 1. The predicted octanol–water partition coefficient (Wildman–Crippen LogP) is 0.230. The normalized spacial score (nSPS) is 18.4. The predicted molar refractivity (Wildman–Crippen MR) is 61.6 cm³/mol. The number of aromatic carboxylic acids is 1. The first-order chi connectivity index (χ1) is 8.16. The van der Waals surface area contributed by atoms with Crippen molar-refractivity contribution in [2.45, 2.75) is 6.54 Å². The molecule has 6 nitrogen and oxygen atoms in total. The molecule has 1 fully saturated rings. The van der Waals surface area contributed by atoms with Crippen molar-refractivity contribution in [3.05, 3.63) is 23.7 Å². The largest absolute Gasteiger partial charge is 0.478 e. The van der Waals surface area contributed by atoms with E-state index < -0.39 is 5.97 Å². The van der Waals surface area contributed by atoms with Crippen molar-refractivity contribution in [1.29, 1.82) is 0 Å². The zero-order valence-corrected chi connectivity index (χ0v) is 9.85. The third-order valence-corrected chi connectivity index (χ3v) is 2.94. The molecule has 0 aromatic carbocycles. The van der Waals surface area contributed by atoms with Gasteiger partial charge in [0.1, 0.15) is 11.3 Å². The van der Waals surface area contributed by atoms with Crippen LogP contribution in [-0.2, 0) is 6.54 Å². The van der Waals surface area contributed by atoms with Gasteiger partial charge in [-0.25, -0.2) is 15.2 Å². The molecule has 0 bridgehead atoms. The van der Waals surface area contributed by atoms with Gasteiger partial charge in [0.15, 0.2) is 0 Å². The molecule has 2 heterocycles. The highest BCUT2D eigenvalue weighted by Crippen LogP contribution is 2.10. The maximum absolute atomic E-state index is 10.9. The van der Waals surface area contributed by atoms with Crippen molar-refractivity contribution in [3.8, 4) is 0 Å². The van der Waals surface area contributed by atoms with Crippen molar-refractivity contribution in [2.24, 2.45) is 0 Å². The summed E-state index contributed by atoms with van der Waals surface area (Å²) in [5.41, 5.74) is 3.42.